The zero-order valence-corrected chi connectivity index (χ0v) is 13.4. The number of nitrogens with one attached hydrogen (secondary N) is 1. The van der Waals surface area contributed by atoms with Crippen LogP contribution in [0.3, 0.4) is 0 Å². The van der Waals surface area contributed by atoms with Gasteiger partial charge in [-0.2, -0.15) is 0 Å². The van der Waals surface area contributed by atoms with Crippen molar-refractivity contribution in [2.24, 2.45) is 23.7 Å². The monoisotopic (exact) mass is 305 g/mol. The Bertz CT molecular complexity index is 502. The highest BCUT2D eigenvalue weighted by atomic mass is 35.5. The molecule has 2 nitrogen and oxygen atoms in total. The Morgan fingerprint density at radius 3 is 2.38 bits per heavy atom. The number of methoxy groups -OCH3 is 1. The summed E-state index contributed by atoms with van der Waals surface area (Å²) >= 11 is 6.36. The minimum Gasteiger partial charge on any atom is -0.496 e. The Kier molecular flexibility index (Phi) is 3.63. The van der Waals surface area contributed by atoms with Crippen LogP contribution in [0.4, 0.5) is 0 Å². The van der Waals surface area contributed by atoms with Gasteiger partial charge in [-0.25, -0.2) is 0 Å². The third-order valence-corrected chi connectivity index (χ3v) is 6.39. The van der Waals surface area contributed by atoms with Gasteiger partial charge in [-0.15, -0.1) is 0 Å². The first-order valence-electron chi connectivity index (χ1n) is 8.29. The molecule has 0 unspecified atom stereocenters. The molecule has 5 rings (SSSR count). The van der Waals surface area contributed by atoms with Crippen LogP contribution in [0.5, 0.6) is 5.75 Å². The molecule has 0 aliphatic heterocycles. The molecule has 3 heteroatoms. The van der Waals surface area contributed by atoms with Crippen LogP contribution in [-0.2, 0) is 6.54 Å². The first kappa shape index (κ1) is 13.9. The average molecular weight is 306 g/mol. The molecule has 0 amide bonds. The maximum Gasteiger partial charge on any atom is 0.124 e. The molecule has 4 fully saturated rings. The topological polar surface area (TPSA) is 21.3 Å². The van der Waals surface area contributed by atoms with E-state index in [0.717, 1.165) is 46.6 Å². The lowest BCUT2D eigenvalue weighted by Crippen LogP contribution is -2.54. The van der Waals surface area contributed by atoms with Gasteiger partial charge in [0.05, 0.1) is 7.11 Å². The Labute approximate surface area is 132 Å². The molecule has 1 aromatic carbocycles. The van der Waals surface area contributed by atoms with Crippen LogP contribution in [0.2, 0.25) is 5.02 Å². The molecule has 1 N–H and O–H groups in total. The highest BCUT2D eigenvalue weighted by Gasteiger charge is 2.47. The van der Waals surface area contributed by atoms with Crippen LogP contribution in [0.15, 0.2) is 18.2 Å². The smallest absolute Gasteiger partial charge is 0.124 e. The molecule has 114 valence electrons. The maximum atomic E-state index is 6.36. The van der Waals surface area contributed by atoms with E-state index in [2.05, 4.69) is 5.32 Å². The SMILES string of the molecule is COc1cccc(Cl)c1CNC1C2CC3CC(C2)CC1C3. The van der Waals surface area contributed by atoms with E-state index in [1.165, 1.54) is 32.1 Å². The van der Waals surface area contributed by atoms with Crippen molar-refractivity contribution >= 4 is 11.6 Å². The summed E-state index contributed by atoms with van der Waals surface area (Å²) in [6, 6.07) is 6.60. The van der Waals surface area contributed by atoms with Crippen molar-refractivity contribution in [1.29, 1.82) is 0 Å². The van der Waals surface area contributed by atoms with E-state index in [-0.39, 0.29) is 0 Å². The summed E-state index contributed by atoms with van der Waals surface area (Å²) in [5.74, 6) is 4.75. The van der Waals surface area contributed by atoms with Gasteiger partial charge in [-0.3, -0.25) is 0 Å². The van der Waals surface area contributed by atoms with Crippen molar-refractivity contribution < 1.29 is 4.74 Å². The van der Waals surface area contributed by atoms with E-state index in [9.17, 15) is 0 Å². The van der Waals surface area contributed by atoms with Gasteiger partial charge in [-0.05, 0) is 67.9 Å². The minimum absolute atomic E-state index is 0.693. The molecule has 0 heterocycles. The molecule has 4 aliphatic carbocycles. The third-order valence-electron chi connectivity index (χ3n) is 6.04. The molecule has 0 radical (unpaired) electrons. The average Bonchev–Trinajstić information content (AvgIpc) is 2.47. The number of benzene rings is 1. The molecular formula is C18H24ClNO. The lowest BCUT2D eigenvalue weighted by Gasteiger charge is -2.54. The molecule has 4 aliphatic rings. The number of hydrogen-bond donors (Lipinski definition) is 1. The normalized spacial score (nSPS) is 37.0. The summed E-state index contributed by atoms with van der Waals surface area (Å²) in [5, 5.41) is 4.64. The second-order valence-corrected chi connectivity index (χ2v) is 7.67. The predicted octanol–water partition coefficient (Wildman–Crippen LogP) is 4.26. The first-order chi connectivity index (χ1) is 10.2. The van der Waals surface area contributed by atoms with Crippen molar-refractivity contribution in [3.05, 3.63) is 28.8 Å². The van der Waals surface area contributed by atoms with Gasteiger partial charge in [0.2, 0.25) is 0 Å². The van der Waals surface area contributed by atoms with Crippen molar-refractivity contribution in [3.8, 4) is 5.75 Å². The van der Waals surface area contributed by atoms with Crippen molar-refractivity contribution in [2.75, 3.05) is 7.11 Å². The maximum absolute atomic E-state index is 6.36. The Hall–Kier alpha value is -0.730. The fraction of sp³-hybridized carbons (Fsp3) is 0.667. The molecule has 1 aromatic rings. The lowest BCUT2D eigenvalue weighted by molar-refractivity contribution is -0.0143. The molecular weight excluding hydrogens is 282 g/mol. The third kappa shape index (κ3) is 2.47. The summed E-state index contributed by atoms with van der Waals surface area (Å²) in [6.07, 6.45) is 7.31. The second kappa shape index (κ2) is 5.48. The molecule has 21 heavy (non-hydrogen) atoms. The Morgan fingerprint density at radius 1 is 1.10 bits per heavy atom. The van der Waals surface area contributed by atoms with Gasteiger partial charge < -0.3 is 10.1 Å². The van der Waals surface area contributed by atoms with E-state index in [1.807, 2.05) is 18.2 Å². The summed E-state index contributed by atoms with van der Waals surface area (Å²) in [4.78, 5) is 0. The molecule has 4 saturated carbocycles. The highest BCUT2D eigenvalue weighted by molar-refractivity contribution is 6.31. The van der Waals surface area contributed by atoms with Gasteiger partial charge in [0.1, 0.15) is 5.75 Å². The van der Waals surface area contributed by atoms with E-state index in [4.69, 9.17) is 16.3 Å². The van der Waals surface area contributed by atoms with Gasteiger partial charge in [0, 0.05) is 23.2 Å². The van der Waals surface area contributed by atoms with Crippen LogP contribution in [-0.4, -0.2) is 13.2 Å². The number of ether oxygens (including phenoxy) is 1. The Balaban J connectivity index is 1.48. The van der Waals surface area contributed by atoms with E-state index in [0.29, 0.717) is 6.04 Å². The van der Waals surface area contributed by atoms with Crippen molar-refractivity contribution in [1.82, 2.24) is 5.32 Å². The van der Waals surface area contributed by atoms with Crippen molar-refractivity contribution in [2.45, 2.75) is 44.7 Å². The highest BCUT2D eigenvalue weighted by Crippen LogP contribution is 2.53. The number of hydrogen-bond acceptors (Lipinski definition) is 2. The van der Waals surface area contributed by atoms with E-state index < -0.39 is 0 Å². The fourth-order valence-corrected chi connectivity index (χ4v) is 5.61. The van der Waals surface area contributed by atoms with Crippen LogP contribution >= 0.6 is 11.6 Å². The first-order valence-corrected chi connectivity index (χ1v) is 8.67. The predicted molar refractivity (Wildman–Crippen MR) is 85.7 cm³/mol. The lowest BCUT2D eigenvalue weighted by atomic mass is 9.54. The minimum atomic E-state index is 0.693. The van der Waals surface area contributed by atoms with Crippen LogP contribution in [0, 0.1) is 23.7 Å². The largest absolute Gasteiger partial charge is 0.496 e. The molecule has 0 spiro atoms. The summed E-state index contributed by atoms with van der Waals surface area (Å²) < 4.78 is 5.46. The van der Waals surface area contributed by atoms with Gasteiger partial charge in [-0.1, -0.05) is 17.7 Å². The van der Waals surface area contributed by atoms with Crippen molar-refractivity contribution in [3.63, 3.8) is 0 Å². The molecule has 4 bridgehead atoms. The van der Waals surface area contributed by atoms with E-state index in [1.54, 1.807) is 7.11 Å². The van der Waals surface area contributed by atoms with Gasteiger partial charge in [0.15, 0.2) is 0 Å². The van der Waals surface area contributed by atoms with Crippen LogP contribution < -0.4 is 10.1 Å². The van der Waals surface area contributed by atoms with Crippen LogP contribution in [0.25, 0.3) is 0 Å². The summed E-state index contributed by atoms with van der Waals surface area (Å²) in [5.41, 5.74) is 1.11. The fourth-order valence-electron chi connectivity index (χ4n) is 5.38. The second-order valence-electron chi connectivity index (χ2n) is 7.26. The number of rotatable bonds is 4. The molecule has 0 aromatic heterocycles. The molecule has 0 atom stereocenters. The molecule has 0 saturated heterocycles. The zero-order valence-electron chi connectivity index (χ0n) is 12.6. The zero-order chi connectivity index (χ0) is 14.4. The standard InChI is InChI=1S/C18H24ClNO/c1-21-17-4-2-3-16(19)15(17)10-20-18-13-6-11-5-12(8-13)9-14(18)7-11/h2-4,11-14,18,20H,5-10H2,1H3. The Morgan fingerprint density at radius 2 is 1.76 bits per heavy atom. The quantitative estimate of drug-likeness (QED) is 0.897. The number of halogens is 1. The summed E-state index contributed by atoms with van der Waals surface area (Å²) in [7, 11) is 1.72. The van der Waals surface area contributed by atoms with Gasteiger partial charge in [0.25, 0.3) is 0 Å². The van der Waals surface area contributed by atoms with Gasteiger partial charge >= 0.3 is 0 Å². The van der Waals surface area contributed by atoms with Crippen LogP contribution in [0.1, 0.15) is 37.7 Å². The van der Waals surface area contributed by atoms with E-state index >= 15 is 0 Å². The summed E-state index contributed by atoms with van der Waals surface area (Å²) in [6.45, 7) is 0.829.